The van der Waals surface area contributed by atoms with E-state index >= 15 is 0 Å². The molecule has 0 aliphatic heterocycles. The van der Waals surface area contributed by atoms with E-state index in [9.17, 15) is 4.79 Å². The maximum absolute atomic E-state index is 11.7. The van der Waals surface area contributed by atoms with Crippen molar-refractivity contribution in [3.63, 3.8) is 0 Å². The molecule has 0 radical (unpaired) electrons. The number of carbonyl (C=O) groups excluding carboxylic acids is 1. The Kier molecular flexibility index (Phi) is 4.68. The molecule has 0 bridgehead atoms. The van der Waals surface area contributed by atoms with Crippen LogP contribution < -0.4 is 10.6 Å². The third-order valence-corrected chi connectivity index (χ3v) is 2.30. The number of nitrogens with two attached hydrogens (primary N) is 1. The molecule has 17 heavy (non-hydrogen) atoms. The molecule has 0 fully saturated rings. The molecule has 0 aliphatic rings. The number of likely N-dealkylation sites (N-methyl/N-ethyl adjacent to an activating group) is 1. The van der Waals surface area contributed by atoms with E-state index in [-0.39, 0.29) is 5.91 Å². The van der Waals surface area contributed by atoms with E-state index in [2.05, 4.69) is 16.9 Å². The molecule has 0 spiro atoms. The van der Waals surface area contributed by atoms with Crippen molar-refractivity contribution in [1.29, 1.82) is 0 Å². The standard InChI is InChI=1S/C11H19N5O/c1-4-5-16(8-11(17)15(2)3)10-7-13-9(12)6-14-10/h6-7H,4-5,8H2,1-3H3,(H2,12,13). The van der Waals surface area contributed by atoms with E-state index in [1.54, 1.807) is 25.2 Å². The Morgan fingerprint density at radius 3 is 2.53 bits per heavy atom. The van der Waals surface area contributed by atoms with E-state index < -0.39 is 0 Å². The largest absolute Gasteiger partial charge is 0.382 e. The first-order valence-corrected chi connectivity index (χ1v) is 5.57. The lowest BCUT2D eigenvalue weighted by Crippen LogP contribution is -2.37. The zero-order valence-electron chi connectivity index (χ0n) is 10.6. The lowest BCUT2D eigenvalue weighted by atomic mass is 10.3. The summed E-state index contributed by atoms with van der Waals surface area (Å²) < 4.78 is 0. The first-order valence-electron chi connectivity index (χ1n) is 5.57. The predicted octanol–water partition coefficient (Wildman–Crippen LogP) is 0.363. The van der Waals surface area contributed by atoms with E-state index in [0.717, 1.165) is 13.0 Å². The number of nitrogen functional groups attached to an aromatic ring is 1. The van der Waals surface area contributed by atoms with Crippen molar-refractivity contribution in [2.45, 2.75) is 13.3 Å². The second-order valence-electron chi connectivity index (χ2n) is 4.01. The summed E-state index contributed by atoms with van der Waals surface area (Å²) in [6.45, 7) is 3.12. The molecule has 2 N–H and O–H groups in total. The summed E-state index contributed by atoms with van der Waals surface area (Å²) >= 11 is 0. The highest BCUT2D eigenvalue weighted by Crippen LogP contribution is 2.10. The normalized spacial score (nSPS) is 10.1. The molecule has 1 aromatic heterocycles. The van der Waals surface area contributed by atoms with Crippen molar-refractivity contribution in [2.24, 2.45) is 0 Å². The number of hydrogen-bond donors (Lipinski definition) is 1. The fraction of sp³-hybridized carbons (Fsp3) is 0.545. The Balaban J connectivity index is 2.78. The molecule has 6 nitrogen and oxygen atoms in total. The number of nitrogens with zero attached hydrogens (tertiary/aromatic N) is 4. The lowest BCUT2D eigenvalue weighted by Gasteiger charge is -2.23. The highest BCUT2D eigenvalue weighted by Gasteiger charge is 2.13. The van der Waals surface area contributed by atoms with Crippen LogP contribution in [-0.4, -0.2) is 48.0 Å². The van der Waals surface area contributed by atoms with Gasteiger partial charge in [0.2, 0.25) is 5.91 Å². The monoisotopic (exact) mass is 237 g/mol. The van der Waals surface area contributed by atoms with Crippen molar-refractivity contribution in [3.8, 4) is 0 Å². The van der Waals surface area contributed by atoms with Gasteiger partial charge in [0.1, 0.15) is 11.6 Å². The average Bonchev–Trinajstić information content (AvgIpc) is 2.29. The number of rotatable bonds is 5. The number of anilines is 2. The summed E-state index contributed by atoms with van der Waals surface area (Å²) in [4.78, 5) is 23.3. The topological polar surface area (TPSA) is 75.4 Å². The van der Waals surface area contributed by atoms with Crippen LogP contribution in [0.3, 0.4) is 0 Å². The minimum Gasteiger partial charge on any atom is -0.382 e. The summed E-state index contributed by atoms with van der Waals surface area (Å²) in [5, 5.41) is 0. The van der Waals surface area contributed by atoms with Gasteiger partial charge in [0, 0.05) is 20.6 Å². The van der Waals surface area contributed by atoms with Crippen LogP contribution in [0.25, 0.3) is 0 Å². The molecule has 1 heterocycles. The third kappa shape index (κ3) is 3.90. The predicted molar refractivity (Wildman–Crippen MR) is 67.6 cm³/mol. The van der Waals surface area contributed by atoms with Crippen LogP contribution in [0, 0.1) is 0 Å². The quantitative estimate of drug-likeness (QED) is 0.800. The number of carbonyl (C=O) groups is 1. The van der Waals surface area contributed by atoms with Crippen molar-refractivity contribution in [3.05, 3.63) is 12.4 Å². The number of hydrogen-bond acceptors (Lipinski definition) is 5. The Bertz CT molecular complexity index is 363. The molecule has 0 aliphatic carbocycles. The molecule has 1 rings (SSSR count). The average molecular weight is 237 g/mol. The van der Waals surface area contributed by atoms with Gasteiger partial charge in [-0.05, 0) is 6.42 Å². The fourth-order valence-electron chi connectivity index (χ4n) is 1.34. The second-order valence-corrected chi connectivity index (χ2v) is 4.01. The summed E-state index contributed by atoms with van der Waals surface area (Å²) in [5.74, 6) is 1.09. The molecule has 0 saturated heterocycles. The molecule has 94 valence electrons. The van der Waals surface area contributed by atoms with Crippen molar-refractivity contribution in [1.82, 2.24) is 14.9 Å². The van der Waals surface area contributed by atoms with Crippen LogP contribution in [0.5, 0.6) is 0 Å². The van der Waals surface area contributed by atoms with Crippen molar-refractivity contribution in [2.75, 3.05) is 37.8 Å². The second kappa shape index (κ2) is 6.03. The van der Waals surface area contributed by atoms with Gasteiger partial charge in [-0.15, -0.1) is 0 Å². The Labute approximate surface area is 101 Å². The van der Waals surface area contributed by atoms with E-state index in [1.807, 2.05) is 4.90 Å². The van der Waals surface area contributed by atoms with Crippen molar-refractivity contribution >= 4 is 17.5 Å². The van der Waals surface area contributed by atoms with Gasteiger partial charge in [0.05, 0.1) is 18.9 Å². The summed E-state index contributed by atoms with van der Waals surface area (Å²) in [7, 11) is 3.47. The van der Waals surface area contributed by atoms with E-state index in [0.29, 0.717) is 18.2 Å². The van der Waals surface area contributed by atoms with Gasteiger partial charge in [0.25, 0.3) is 0 Å². The van der Waals surface area contributed by atoms with Crippen LogP contribution in [-0.2, 0) is 4.79 Å². The van der Waals surface area contributed by atoms with Crippen LogP contribution in [0.15, 0.2) is 12.4 Å². The Hall–Kier alpha value is -1.85. The maximum Gasteiger partial charge on any atom is 0.241 e. The minimum atomic E-state index is 0.0390. The summed E-state index contributed by atoms with van der Waals surface area (Å²) in [5.41, 5.74) is 5.48. The number of aromatic nitrogens is 2. The highest BCUT2D eigenvalue weighted by atomic mass is 16.2. The third-order valence-electron chi connectivity index (χ3n) is 2.30. The molecule has 0 unspecified atom stereocenters. The first-order chi connectivity index (χ1) is 8.04. The molecule has 0 atom stereocenters. The molecular formula is C11H19N5O. The Morgan fingerprint density at radius 2 is 2.06 bits per heavy atom. The van der Waals surface area contributed by atoms with Gasteiger partial charge in [-0.1, -0.05) is 6.92 Å². The molecule has 1 aromatic rings. The molecule has 6 heteroatoms. The van der Waals surface area contributed by atoms with Crippen LogP contribution >= 0.6 is 0 Å². The van der Waals surface area contributed by atoms with Gasteiger partial charge >= 0.3 is 0 Å². The molecular weight excluding hydrogens is 218 g/mol. The highest BCUT2D eigenvalue weighted by molar-refractivity contribution is 5.80. The smallest absolute Gasteiger partial charge is 0.241 e. The van der Waals surface area contributed by atoms with Crippen LogP contribution in [0.4, 0.5) is 11.6 Å². The number of amides is 1. The zero-order chi connectivity index (χ0) is 12.8. The van der Waals surface area contributed by atoms with Gasteiger partial charge < -0.3 is 15.5 Å². The van der Waals surface area contributed by atoms with Gasteiger partial charge in [-0.25, -0.2) is 9.97 Å². The van der Waals surface area contributed by atoms with Crippen LogP contribution in [0.2, 0.25) is 0 Å². The molecule has 0 aromatic carbocycles. The first kappa shape index (κ1) is 13.2. The maximum atomic E-state index is 11.7. The minimum absolute atomic E-state index is 0.0390. The summed E-state index contributed by atoms with van der Waals surface area (Å²) in [6, 6.07) is 0. The van der Waals surface area contributed by atoms with E-state index in [4.69, 9.17) is 5.73 Å². The fourth-order valence-corrected chi connectivity index (χ4v) is 1.34. The Morgan fingerprint density at radius 1 is 1.35 bits per heavy atom. The lowest BCUT2D eigenvalue weighted by molar-refractivity contribution is -0.127. The van der Waals surface area contributed by atoms with Gasteiger partial charge in [-0.2, -0.15) is 0 Å². The van der Waals surface area contributed by atoms with Crippen LogP contribution in [0.1, 0.15) is 13.3 Å². The SMILES string of the molecule is CCCN(CC(=O)N(C)C)c1cnc(N)cn1. The molecule has 0 saturated carbocycles. The zero-order valence-corrected chi connectivity index (χ0v) is 10.6. The van der Waals surface area contributed by atoms with Gasteiger partial charge in [-0.3, -0.25) is 4.79 Å². The molecule has 1 amide bonds. The summed E-state index contributed by atoms with van der Waals surface area (Å²) in [6.07, 6.45) is 4.03. The van der Waals surface area contributed by atoms with Gasteiger partial charge in [0.15, 0.2) is 0 Å². The van der Waals surface area contributed by atoms with Crippen molar-refractivity contribution < 1.29 is 4.79 Å². The van der Waals surface area contributed by atoms with E-state index in [1.165, 1.54) is 6.20 Å².